The molecule has 0 radical (unpaired) electrons. The van der Waals surface area contributed by atoms with E-state index in [1.807, 2.05) is 6.92 Å². The lowest BCUT2D eigenvalue weighted by Gasteiger charge is -2.25. The summed E-state index contributed by atoms with van der Waals surface area (Å²) in [6.07, 6.45) is 3.11. The fourth-order valence-corrected chi connectivity index (χ4v) is 1.51. The maximum atomic E-state index is 12.1. The van der Waals surface area contributed by atoms with Crippen LogP contribution >= 0.6 is 0 Å². The predicted molar refractivity (Wildman–Crippen MR) is 77.4 cm³/mol. The molecule has 5 heteroatoms. The third kappa shape index (κ3) is 4.20. The van der Waals surface area contributed by atoms with Crippen molar-refractivity contribution >= 4 is 23.6 Å². The molecule has 0 heterocycles. The minimum absolute atomic E-state index is 0.212. The molecule has 2 N–H and O–H groups in total. The van der Waals surface area contributed by atoms with E-state index in [1.54, 1.807) is 31.2 Å². The Morgan fingerprint density at radius 2 is 1.95 bits per heavy atom. The van der Waals surface area contributed by atoms with Crippen molar-refractivity contribution in [2.45, 2.75) is 25.9 Å². The van der Waals surface area contributed by atoms with E-state index in [-0.39, 0.29) is 5.91 Å². The number of carbonyl (C=O) groups is 2. The largest absolute Gasteiger partial charge is 0.478 e. The van der Waals surface area contributed by atoms with Crippen molar-refractivity contribution in [3.8, 4) is 0 Å². The second kappa shape index (κ2) is 6.86. The second-order valence-corrected chi connectivity index (χ2v) is 4.54. The number of amides is 1. The van der Waals surface area contributed by atoms with E-state index >= 15 is 0 Å². The molecule has 1 atom stereocenters. The summed E-state index contributed by atoms with van der Waals surface area (Å²) in [5.74, 6) is -1.21. The van der Waals surface area contributed by atoms with Gasteiger partial charge in [-0.15, -0.1) is 0 Å². The van der Waals surface area contributed by atoms with Crippen LogP contribution in [0.2, 0.25) is 0 Å². The molecule has 0 aromatic heterocycles. The number of carboxylic acids is 1. The first kappa shape index (κ1) is 15.9. The van der Waals surface area contributed by atoms with Crippen molar-refractivity contribution in [2.75, 3.05) is 12.4 Å². The zero-order valence-corrected chi connectivity index (χ0v) is 11.8. The van der Waals surface area contributed by atoms with Crippen molar-refractivity contribution in [2.24, 2.45) is 0 Å². The molecule has 1 rings (SSSR count). The first-order valence-electron chi connectivity index (χ1n) is 6.29. The molecule has 0 aliphatic carbocycles. The highest BCUT2D eigenvalue weighted by Gasteiger charge is 2.30. The van der Waals surface area contributed by atoms with Gasteiger partial charge in [0.15, 0.2) is 0 Å². The molecule has 0 fully saturated rings. The fourth-order valence-electron chi connectivity index (χ4n) is 1.51. The smallest absolute Gasteiger partial charge is 0.328 e. The van der Waals surface area contributed by atoms with Crippen molar-refractivity contribution < 1.29 is 19.4 Å². The number of benzene rings is 1. The summed E-state index contributed by atoms with van der Waals surface area (Å²) >= 11 is 0. The lowest BCUT2D eigenvalue weighted by molar-refractivity contribution is -0.136. The van der Waals surface area contributed by atoms with Gasteiger partial charge in [-0.3, -0.25) is 4.79 Å². The van der Waals surface area contributed by atoms with Crippen molar-refractivity contribution in [3.63, 3.8) is 0 Å². The van der Waals surface area contributed by atoms with Crippen LogP contribution in [-0.4, -0.2) is 29.7 Å². The molecule has 0 saturated heterocycles. The Morgan fingerprint density at radius 3 is 2.40 bits per heavy atom. The summed E-state index contributed by atoms with van der Waals surface area (Å²) in [6, 6.07) is 6.88. The molecule has 1 aromatic rings. The van der Waals surface area contributed by atoms with Gasteiger partial charge < -0.3 is 15.2 Å². The van der Waals surface area contributed by atoms with Crippen LogP contribution in [0.1, 0.15) is 25.8 Å². The lowest BCUT2D eigenvalue weighted by atomic mass is 10.0. The molecule has 0 aliphatic rings. The van der Waals surface area contributed by atoms with Crippen LogP contribution in [0.5, 0.6) is 0 Å². The van der Waals surface area contributed by atoms with Crippen LogP contribution in [0.15, 0.2) is 30.3 Å². The maximum Gasteiger partial charge on any atom is 0.328 e. The number of nitrogens with one attached hydrogen (secondary N) is 1. The monoisotopic (exact) mass is 277 g/mol. The van der Waals surface area contributed by atoms with Gasteiger partial charge >= 0.3 is 5.97 Å². The SMILES string of the molecule is CCC(C)(OC)C(=O)Nc1ccc(/C=C/C(=O)O)cc1. The van der Waals surface area contributed by atoms with E-state index in [9.17, 15) is 9.59 Å². The molecular weight excluding hydrogens is 258 g/mol. The van der Waals surface area contributed by atoms with Gasteiger partial charge in [0.2, 0.25) is 0 Å². The number of ether oxygens (including phenoxy) is 1. The summed E-state index contributed by atoms with van der Waals surface area (Å²) < 4.78 is 5.22. The average molecular weight is 277 g/mol. The summed E-state index contributed by atoms with van der Waals surface area (Å²) in [7, 11) is 1.50. The van der Waals surface area contributed by atoms with Crippen LogP contribution in [0.4, 0.5) is 5.69 Å². The molecule has 1 unspecified atom stereocenters. The molecule has 5 nitrogen and oxygen atoms in total. The number of rotatable bonds is 6. The molecule has 1 aromatic carbocycles. The van der Waals surface area contributed by atoms with Gasteiger partial charge in [-0.2, -0.15) is 0 Å². The van der Waals surface area contributed by atoms with Gasteiger partial charge in [0.05, 0.1) is 0 Å². The molecule has 1 amide bonds. The summed E-state index contributed by atoms with van der Waals surface area (Å²) in [5, 5.41) is 11.3. The molecule has 108 valence electrons. The van der Waals surface area contributed by atoms with Gasteiger partial charge in [0, 0.05) is 18.9 Å². The summed E-state index contributed by atoms with van der Waals surface area (Å²) in [6.45, 7) is 3.61. The first-order chi connectivity index (χ1) is 9.41. The number of aliphatic carboxylic acids is 1. The molecule has 20 heavy (non-hydrogen) atoms. The van der Waals surface area contributed by atoms with Gasteiger partial charge in [-0.05, 0) is 37.1 Å². The Morgan fingerprint density at radius 1 is 1.35 bits per heavy atom. The highest BCUT2D eigenvalue weighted by molar-refractivity contribution is 5.97. The highest BCUT2D eigenvalue weighted by atomic mass is 16.5. The standard InChI is InChI=1S/C15H19NO4/c1-4-15(2,20-3)14(19)16-12-8-5-11(6-9-12)7-10-13(17)18/h5-10H,4H2,1-3H3,(H,16,19)(H,17,18)/b10-7+. The number of hydrogen-bond donors (Lipinski definition) is 2. The lowest BCUT2D eigenvalue weighted by Crippen LogP contribution is -2.41. The summed E-state index contributed by atoms with van der Waals surface area (Å²) in [5.41, 5.74) is 0.525. The molecule has 0 aliphatic heterocycles. The second-order valence-electron chi connectivity index (χ2n) is 4.54. The van der Waals surface area contributed by atoms with Crippen molar-refractivity contribution in [1.82, 2.24) is 0 Å². The Bertz CT molecular complexity index is 501. The highest BCUT2D eigenvalue weighted by Crippen LogP contribution is 2.18. The van der Waals surface area contributed by atoms with Crippen LogP contribution < -0.4 is 5.32 Å². The van der Waals surface area contributed by atoms with E-state index in [0.29, 0.717) is 12.1 Å². The minimum Gasteiger partial charge on any atom is -0.478 e. The van der Waals surface area contributed by atoms with Crippen LogP contribution in [-0.2, 0) is 14.3 Å². The third-order valence-electron chi connectivity index (χ3n) is 3.19. The first-order valence-corrected chi connectivity index (χ1v) is 6.29. The molecule has 0 spiro atoms. The van der Waals surface area contributed by atoms with Gasteiger partial charge in [0.25, 0.3) is 5.91 Å². The molecule has 0 saturated carbocycles. The molecule has 0 bridgehead atoms. The zero-order chi connectivity index (χ0) is 15.2. The minimum atomic E-state index is -0.999. The Hall–Kier alpha value is -2.14. The Balaban J connectivity index is 2.75. The van der Waals surface area contributed by atoms with E-state index in [2.05, 4.69) is 5.32 Å². The van der Waals surface area contributed by atoms with Gasteiger partial charge in [0.1, 0.15) is 5.60 Å². The topological polar surface area (TPSA) is 75.6 Å². The van der Waals surface area contributed by atoms with Crippen molar-refractivity contribution in [1.29, 1.82) is 0 Å². The third-order valence-corrected chi connectivity index (χ3v) is 3.19. The number of anilines is 1. The number of methoxy groups -OCH3 is 1. The van der Waals surface area contributed by atoms with E-state index in [4.69, 9.17) is 9.84 Å². The predicted octanol–water partition coefficient (Wildman–Crippen LogP) is 2.54. The van der Waals surface area contributed by atoms with Gasteiger partial charge in [-0.1, -0.05) is 19.1 Å². The van der Waals surface area contributed by atoms with E-state index in [0.717, 1.165) is 11.6 Å². The number of hydrogen-bond acceptors (Lipinski definition) is 3. The van der Waals surface area contributed by atoms with Crippen molar-refractivity contribution in [3.05, 3.63) is 35.9 Å². The summed E-state index contributed by atoms with van der Waals surface area (Å²) in [4.78, 5) is 22.5. The zero-order valence-electron chi connectivity index (χ0n) is 11.8. The number of carboxylic acid groups (broad SMARTS) is 1. The number of carbonyl (C=O) groups excluding carboxylic acids is 1. The maximum absolute atomic E-state index is 12.1. The van der Waals surface area contributed by atoms with Crippen LogP contribution in [0, 0.1) is 0 Å². The molecular formula is C15H19NO4. The quantitative estimate of drug-likeness (QED) is 0.783. The van der Waals surface area contributed by atoms with E-state index in [1.165, 1.54) is 13.2 Å². The average Bonchev–Trinajstić information content (AvgIpc) is 2.45. The van der Waals surface area contributed by atoms with E-state index < -0.39 is 11.6 Å². The normalized spacial score (nSPS) is 13.9. The fraction of sp³-hybridized carbons (Fsp3) is 0.333. The van der Waals surface area contributed by atoms with Gasteiger partial charge in [-0.25, -0.2) is 4.79 Å². The van der Waals surface area contributed by atoms with Crippen LogP contribution in [0.3, 0.4) is 0 Å². The van der Waals surface area contributed by atoms with Crippen LogP contribution in [0.25, 0.3) is 6.08 Å². The Kier molecular flexibility index (Phi) is 5.46. The Labute approximate surface area is 118 Å².